The fourth-order valence-corrected chi connectivity index (χ4v) is 3.73. The molecule has 0 saturated carbocycles. The molecule has 2 fully saturated rings. The zero-order valence-electron chi connectivity index (χ0n) is 13.3. The van der Waals surface area contributed by atoms with Crippen molar-refractivity contribution in [2.75, 3.05) is 14.2 Å². The molecule has 0 aliphatic carbocycles. The minimum Gasteiger partial charge on any atom is -0.466 e. The van der Waals surface area contributed by atoms with Crippen LogP contribution in [0, 0.1) is 5.82 Å². The number of esters is 2. The molecule has 124 valence electrons. The molecule has 1 unspecified atom stereocenters. The van der Waals surface area contributed by atoms with E-state index in [2.05, 4.69) is 4.90 Å². The number of rotatable bonds is 3. The second-order valence-corrected chi connectivity index (χ2v) is 6.34. The van der Waals surface area contributed by atoms with Crippen LogP contribution >= 0.6 is 0 Å². The van der Waals surface area contributed by atoms with E-state index in [-0.39, 0.29) is 17.6 Å². The van der Waals surface area contributed by atoms with Crippen LogP contribution in [0.25, 0.3) is 0 Å². The number of fused-ring (bicyclic) bond motifs is 2. The van der Waals surface area contributed by atoms with Crippen LogP contribution in [0.3, 0.4) is 0 Å². The smallest absolute Gasteiger partial charge is 0.350 e. The largest absolute Gasteiger partial charge is 0.466 e. The molecular weight excluding hydrogens is 301 g/mol. The van der Waals surface area contributed by atoms with Crippen molar-refractivity contribution in [1.82, 2.24) is 4.90 Å². The number of piperidine rings is 1. The number of hydrogen-bond acceptors (Lipinski definition) is 5. The lowest BCUT2D eigenvalue weighted by molar-refractivity contribution is -0.171. The topological polar surface area (TPSA) is 55.8 Å². The van der Waals surface area contributed by atoms with Gasteiger partial charge in [0.25, 0.3) is 0 Å². The molecule has 0 N–H and O–H groups in total. The van der Waals surface area contributed by atoms with E-state index in [0.29, 0.717) is 12.8 Å². The summed E-state index contributed by atoms with van der Waals surface area (Å²) in [6.07, 6.45) is 2.82. The molecule has 3 rings (SSSR count). The first-order chi connectivity index (χ1) is 10.9. The van der Waals surface area contributed by atoms with Gasteiger partial charge >= 0.3 is 11.9 Å². The molecule has 6 heteroatoms. The van der Waals surface area contributed by atoms with Crippen LogP contribution in [-0.2, 0) is 14.3 Å². The Labute approximate surface area is 134 Å². The Morgan fingerprint density at radius 2 is 1.74 bits per heavy atom. The average molecular weight is 321 g/mol. The van der Waals surface area contributed by atoms with Crippen LogP contribution in [0.2, 0.25) is 0 Å². The number of nitrogens with zero attached hydrogens (tertiary/aromatic N) is 1. The van der Waals surface area contributed by atoms with E-state index in [0.717, 1.165) is 12.8 Å². The number of hydrogen-bond donors (Lipinski definition) is 0. The second kappa shape index (κ2) is 5.92. The molecule has 0 aromatic heterocycles. The summed E-state index contributed by atoms with van der Waals surface area (Å²) in [6.45, 7) is 0. The van der Waals surface area contributed by atoms with Crippen molar-refractivity contribution in [3.8, 4) is 0 Å². The monoisotopic (exact) mass is 321 g/mol. The standard InChI is InChI=1S/C17H20FNO4/c1-19-13-7-8-14(19)10-17(9-13,16(21)22-2)23-15(20)11-3-5-12(18)6-4-11/h3-6,13-14H,7-10H2,1-2H3/t13-,14+,17?. The van der Waals surface area contributed by atoms with Gasteiger partial charge in [-0.1, -0.05) is 0 Å². The summed E-state index contributed by atoms with van der Waals surface area (Å²) < 4.78 is 23.5. The molecule has 2 bridgehead atoms. The number of methoxy groups -OCH3 is 1. The molecule has 23 heavy (non-hydrogen) atoms. The summed E-state index contributed by atoms with van der Waals surface area (Å²) in [7, 11) is 3.33. The Morgan fingerprint density at radius 1 is 1.17 bits per heavy atom. The van der Waals surface area contributed by atoms with Gasteiger partial charge in [-0.2, -0.15) is 0 Å². The minimum absolute atomic E-state index is 0.203. The Balaban J connectivity index is 1.84. The van der Waals surface area contributed by atoms with Crippen molar-refractivity contribution in [3.63, 3.8) is 0 Å². The number of ether oxygens (including phenoxy) is 2. The van der Waals surface area contributed by atoms with Crippen LogP contribution in [0.5, 0.6) is 0 Å². The number of benzene rings is 1. The maximum absolute atomic E-state index is 13.0. The summed E-state index contributed by atoms with van der Waals surface area (Å²) >= 11 is 0. The summed E-state index contributed by atoms with van der Waals surface area (Å²) in [5, 5.41) is 0. The van der Waals surface area contributed by atoms with E-state index >= 15 is 0 Å². The van der Waals surface area contributed by atoms with Gasteiger partial charge in [0.05, 0.1) is 12.7 Å². The van der Waals surface area contributed by atoms with Gasteiger partial charge in [-0.05, 0) is 44.2 Å². The molecule has 0 radical (unpaired) electrons. The van der Waals surface area contributed by atoms with Crippen LogP contribution in [-0.4, -0.2) is 48.7 Å². The zero-order chi connectivity index (χ0) is 16.6. The first-order valence-electron chi connectivity index (χ1n) is 7.74. The fraction of sp³-hybridized carbons (Fsp3) is 0.529. The summed E-state index contributed by atoms with van der Waals surface area (Å²) in [5.74, 6) is -1.57. The highest BCUT2D eigenvalue weighted by molar-refractivity contribution is 5.92. The van der Waals surface area contributed by atoms with Crippen LogP contribution in [0.15, 0.2) is 24.3 Å². The van der Waals surface area contributed by atoms with Gasteiger partial charge in [0.1, 0.15) is 5.82 Å². The van der Waals surface area contributed by atoms with Crippen LogP contribution < -0.4 is 0 Å². The van der Waals surface area contributed by atoms with Crippen LogP contribution in [0.4, 0.5) is 4.39 Å². The number of carbonyl (C=O) groups excluding carboxylic acids is 2. The lowest BCUT2D eigenvalue weighted by Gasteiger charge is -2.42. The van der Waals surface area contributed by atoms with Crippen molar-refractivity contribution in [2.24, 2.45) is 0 Å². The molecule has 1 aromatic rings. The average Bonchev–Trinajstić information content (AvgIpc) is 2.76. The number of halogens is 1. The quantitative estimate of drug-likeness (QED) is 0.799. The fourth-order valence-electron chi connectivity index (χ4n) is 3.73. The Kier molecular flexibility index (Phi) is 4.10. The first kappa shape index (κ1) is 15.9. The lowest BCUT2D eigenvalue weighted by Crippen LogP contribution is -2.56. The molecule has 2 heterocycles. The SMILES string of the molecule is COC(=O)C1(OC(=O)c2ccc(F)cc2)C[C@H]2CC[C@@H](C1)N2C. The molecule has 5 nitrogen and oxygen atoms in total. The lowest BCUT2D eigenvalue weighted by atomic mass is 9.86. The predicted molar refractivity (Wildman–Crippen MR) is 80.4 cm³/mol. The first-order valence-corrected chi connectivity index (χ1v) is 7.74. The highest BCUT2D eigenvalue weighted by Gasteiger charge is 2.54. The highest BCUT2D eigenvalue weighted by Crippen LogP contribution is 2.42. The molecule has 2 saturated heterocycles. The van der Waals surface area contributed by atoms with Crippen molar-refractivity contribution in [1.29, 1.82) is 0 Å². The molecule has 0 amide bonds. The Bertz CT molecular complexity index is 602. The third-order valence-electron chi connectivity index (χ3n) is 5.04. The Hall–Kier alpha value is -1.95. The normalized spacial score (nSPS) is 30.0. The third kappa shape index (κ3) is 2.83. The maximum atomic E-state index is 13.0. The van der Waals surface area contributed by atoms with E-state index in [9.17, 15) is 14.0 Å². The second-order valence-electron chi connectivity index (χ2n) is 6.34. The molecular formula is C17H20FNO4. The van der Waals surface area contributed by atoms with Gasteiger partial charge in [0.15, 0.2) is 0 Å². The Morgan fingerprint density at radius 3 is 2.26 bits per heavy atom. The van der Waals surface area contributed by atoms with Gasteiger partial charge in [-0.15, -0.1) is 0 Å². The predicted octanol–water partition coefficient (Wildman–Crippen LogP) is 2.15. The zero-order valence-corrected chi connectivity index (χ0v) is 13.3. The van der Waals surface area contributed by atoms with E-state index in [1.165, 1.54) is 31.4 Å². The molecule has 3 atom stereocenters. The van der Waals surface area contributed by atoms with E-state index in [1.54, 1.807) is 0 Å². The third-order valence-corrected chi connectivity index (χ3v) is 5.04. The van der Waals surface area contributed by atoms with Gasteiger partial charge in [0, 0.05) is 24.9 Å². The molecule has 1 aromatic carbocycles. The maximum Gasteiger partial charge on any atom is 0.350 e. The van der Waals surface area contributed by atoms with Gasteiger partial charge < -0.3 is 14.4 Å². The van der Waals surface area contributed by atoms with E-state index in [4.69, 9.17) is 9.47 Å². The molecule has 2 aliphatic heterocycles. The molecule has 2 aliphatic rings. The summed E-state index contributed by atoms with van der Waals surface area (Å²) in [5.41, 5.74) is -1.03. The van der Waals surface area contributed by atoms with Gasteiger partial charge in [-0.3, -0.25) is 0 Å². The van der Waals surface area contributed by atoms with Crippen molar-refractivity contribution in [2.45, 2.75) is 43.4 Å². The van der Waals surface area contributed by atoms with Gasteiger partial charge in [-0.25, -0.2) is 14.0 Å². The summed E-state index contributed by atoms with van der Waals surface area (Å²) in [4.78, 5) is 27.0. The minimum atomic E-state index is -1.25. The van der Waals surface area contributed by atoms with E-state index < -0.39 is 23.4 Å². The highest BCUT2D eigenvalue weighted by atomic mass is 19.1. The molecule has 0 spiro atoms. The van der Waals surface area contributed by atoms with Gasteiger partial charge in [0.2, 0.25) is 5.60 Å². The van der Waals surface area contributed by atoms with Crippen molar-refractivity contribution < 1.29 is 23.5 Å². The van der Waals surface area contributed by atoms with Crippen molar-refractivity contribution >= 4 is 11.9 Å². The van der Waals surface area contributed by atoms with Crippen LogP contribution in [0.1, 0.15) is 36.0 Å². The summed E-state index contributed by atoms with van der Waals surface area (Å²) in [6, 6.07) is 5.50. The van der Waals surface area contributed by atoms with Crippen molar-refractivity contribution in [3.05, 3.63) is 35.6 Å². The van der Waals surface area contributed by atoms with E-state index in [1.807, 2.05) is 7.05 Å². The number of carbonyl (C=O) groups is 2.